The topological polar surface area (TPSA) is 127 Å². The molecule has 1 aromatic carbocycles. The number of nitrogens with one attached hydrogen (secondary N) is 1. The fourth-order valence-corrected chi connectivity index (χ4v) is 6.78. The molecule has 1 unspecified atom stereocenters. The number of halogens is 2. The molecule has 2 aromatic rings. The molecule has 0 saturated heterocycles. The molecule has 1 N–H and O–H groups in total. The first-order valence-electron chi connectivity index (χ1n) is 12.9. The zero-order valence-electron chi connectivity index (χ0n) is 23.3. The van der Waals surface area contributed by atoms with Crippen molar-refractivity contribution in [2.75, 3.05) is 13.4 Å². The second kappa shape index (κ2) is 12.2. The van der Waals surface area contributed by atoms with Gasteiger partial charge in [-0.25, -0.2) is 42.0 Å². The molecule has 1 aliphatic carbocycles. The van der Waals surface area contributed by atoms with Gasteiger partial charge in [-0.1, -0.05) is 17.7 Å². The van der Waals surface area contributed by atoms with Crippen LogP contribution in [0.1, 0.15) is 63.1 Å². The number of amides is 1. The van der Waals surface area contributed by atoms with E-state index in [0.29, 0.717) is 36.4 Å². The molecule has 1 atom stereocenters. The van der Waals surface area contributed by atoms with Crippen molar-refractivity contribution in [3.05, 3.63) is 62.5 Å². The Balaban J connectivity index is 1.93. The summed E-state index contributed by atoms with van der Waals surface area (Å²) in [6, 6.07) is 2.28. The number of aromatic nitrogens is 1. The van der Waals surface area contributed by atoms with E-state index in [1.807, 2.05) is 0 Å². The van der Waals surface area contributed by atoms with Gasteiger partial charge in [-0.05, 0) is 64.2 Å². The molecule has 4 rings (SSSR count). The quantitative estimate of drug-likeness (QED) is 0.436. The first kappa shape index (κ1) is 31.1. The normalized spacial score (nSPS) is 21.9. The Bertz CT molecular complexity index is 1480. The minimum atomic E-state index is -3.39. The molecular weight excluding hydrogens is 595 g/mol. The van der Waals surface area contributed by atoms with Crippen molar-refractivity contribution in [1.82, 2.24) is 14.6 Å². The largest absolute Gasteiger partial charge is 0.466 e. The van der Waals surface area contributed by atoms with Crippen LogP contribution < -0.4 is 4.72 Å². The number of rotatable bonds is 6. The highest BCUT2D eigenvalue weighted by molar-refractivity contribution is 7.88. The van der Waals surface area contributed by atoms with Gasteiger partial charge >= 0.3 is 12.1 Å². The van der Waals surface area contributed by atoms with Crippen molar-refractivity contribution in [1.29, 1.82) is 0 Å². The fraction of sp³-hybridized carbons (Fsp3) is 0.481. The average molecular weight is 627 g/mol. The number of allylic oxidation sites excluding steroid dienone is 1. The fourth-order valence-electron chi connectivity index (χ4n) is 5.05. The van der Waals surface area contributed by atoms with Gasteiger partial charge in [0.2, 0.25) is 10.0 Å². The lowest BCUT2D eigenvalue weighted by molar-refractivity contribution is -0.136. The van der Waals surface area contributed by atoms with E-state index in [9.17, 15) is 22.4 Å². The van der Waals surface area contributed by atoms with E-state index in [4.69, 9.17) is 26.1 Å². The third-order valence-corrected chi connectivity index (χ3v) is 8.49. The van der Waals surface area contributed by atoms with Crippen LogP contribution in [0.2, 0.25) is 5.02 Å². The van der Waals surface area contributed by atoms with E-state index in [2.05, 4.69) is 9.71 Å². The van der Waals surface area contributed by atoms with Crippen molar-refractivity contribution >= 4 is 50.9 Å². The van der Waals surface area contributed by atoms with Crippen molar-refractivity contribution in [3.63, 3.8) is 0 Å². The monoisotopic (exact) mass is 626 g/mol. The molecule has 1 saturated carbocycles. The Morgan fingerprint density at radius 1 is 1.20 bits per heavy atom. The maximum atomic E-state index is 14.2. The first-order valence-corrected chi connectivity index (χ1v) is 16.1. The van der Waals surface area contributed by atoms with E-state index in [0.717, 1.165) is 12.3 Å². The Morgan fingerprint density at radius 2 is 1.88 bits per heavy atom. The van der Waals surface area contributed by atoms with Gasteiger partial charge in [-0.2, -0.15) is 0 Å². The second-order valence-electron chi connectivity index (χ2n) is 10.9. The summed E-state index contributed by atoms with van der Waals surface area (Å²) in [7, 11) is -2.17. The minimum Gasteiger partial charge on any atom is -0.466 e. The number of carbonyl (C=O) groups is 2. The Morgan fingerprint density at radius 3 is 2.41 bits per heavy atom. The molecule has 0 bridgehead atoms. The molecule has 41 heavy (non-hydrogen) atoms. The maximum Gasteiger partial charge on any atom is 0.416 e. The predicted molar refractivity (Wildman–Crippen MR) is 154 cm³/mol. The zero-order chi connectivity index (χ0) is 30.1. The van der Waals surface area contributed by atoms with E-state index in [-0.39, 0.29) is 34.0 Å². The van der Waals surface area contributed by atoms with Gasteiger partial charge in [0, 0.05) is 28.6 Å². The van der Waals surface area contributed by atoms with Gasteiger partial charge < -0.3 is 9.47 Å². The summed E-state index contributed by atoms with van der Waals surface area (Å²) in [5.74, 6) is -1.46. The number of carbonyl (C=O) groups excluding carboxylic acids is 2. The number of esters is 1. The number of amidine groups is 1. The van der Waals surface area contributed by atoms with Crippen molar-refractivity contribution in [3.8, 4) is 0 Å². The molecule has 222 valence electrons. The van der Waals surface area contributed by atoms with Gasteiger partial charge in [0.15, 0.2) is 10.8 Å². The van der Waals surface area contributed by atoms with E-state index in [1.165, 1.54) is 35.5 Å². The van der Waals surface area contributed by atoms with Crippen molar-refractivity contribution in [2.24, 2.45) is 10.9 Å². The molecule has 0 radical (unpaired) electrons. The molecule has 1 fully saturated rings. The summed E-state index contributed by atoms with van der Waals surface area (Å²) in [5, 5.41) is 2.12. The van der Waals surface area contributed by atoms with Crippen LogP contribution in [-0.4, -0.2) is 61.2 Å². The molecular formula is C27H32ClFN4O6S2. The van der Waals surface area contributed by atoms with Crippen LogP contribution in [-0.2, 0) is 24.3 Å². The number of nitrogens with zero attached hydrogens (tertiary/aromatic N) is 3. The maximum absolute atomic E-state index is 14.2. The molecule has 1 aliphatic heterocycles. The number of hydrogen-bond acceptors (Lipinski definition) is 9. The highest BCUT2D eigenvalue weighted by Crippen LogP contribution is 2.45. The number of ether oxygens (including phenoxy) is 2. The number of sulfonamides is 1. The van der Waals surface area contributed by atoms with Crippen molar-refractivity contribution < 1.29 is 31.9 Å². The lowest BCUT2D eigenvalue weighted by Gasteiger charge is -2.40. The predicted octanol–water partition coefficient (Wildman–Crippen LogP) is 5.21. The highest BCUT2D eigenvalue weighted by atomic mass is 35.5. The van der Waals surface area contributed by atoms with Crippen LogP contribution in [0.25, 0.3) is 0 Å². The van der Waals surface area contributed by atoms with E-state index in [1.54, 1.807) is 32.3 Å². The first-order chi connectivity index (χ1) is 19.2. The number of methoxy groups -OCH3 is 1. The van der Waals surface area contributed by atoms with Crippen LogP contribution in [0.4, 0.5) is 9.18 Å². The standard InChI is InChI=1S/C27H32ClFN4O6S2/c1-27(2,3)39-26(35)33-22(18-11-8-16(29)14-19(18)28)20(25(34)38-4)21(31-23(33)24-30-12-13-40-24)15-6-9-17(10-7-15)32-41(5,36)37/h8,11-15,17,22,32H,6-7,9-10H2,1-5H3/t15-,17-,22?. The third kappa shape index (κ3) is 7.32. The van der Waals surface area contributed by atoms with Crippen molar-refractivity contribution in [2.45, 2.75) is 64.1 Å². The second-order valence-corrected chi connectivity index (χ2v) is 14.0. The Labute approximate surface area is 247 Å². The Kier molecular flexibility index (Phi) is 9.22. The molecule has 0 spiro atoms. The van der Waals surface area contributed by atoms with E-state index >= 15 is 0 Å². The van der Waals surface area contributed by atoms with Crippen LogP contribution in [0.3, 0.4) is 0 Å². The molecule has 1 amide bonds. The van der Waals surface area contributed by atoms with Gasteiger partial charge in [0.25, 0.3) is 0 Å². The zero-order valence-corrected chi connectivity index (χ0v) is 25.7. The van der Waals surface area contributed by atoms with Crippen LogP contribution in [0.15, 0.2) is 46.0 Å². The molecule has 1 aromatic heterocycles. The number of benzene rings is 1. The van der Waals surface area contributed by atoms with E-state index < -0.39 is 39.5 Å². The Hall–Kier alpha value is -2.87. The number of hydrogen-bond donors (Lipinski definition) is 1. The SMILES string of the molecule is COC(=O)C1=C([C@H]2CC[C@H](NS(C)(=O)=O)CC2)N=C(c2nccs2)N(C(=O)OC(C)(C)C)C1c1ccc(F)cc1Cl. The summed E-state index contributed by atoms with van der Waals surface area (Å²) in [4.78, 5) is 37.8. The van der Waals surface area contributed by atoms with Gasteiger partial charge in [-0.15, -0.1) is 11.3 Å². The summed E-state index contributed by atoms with van der Waals surface area (Å²) >= 11 is 7.80. The van der Waals surface area contributed by atoms with Crippen LogP contribution >= 0.6 is 22.9 Å². The average Bonchev–Trinajstić information content (AvgIpc) is 3.41. The lowest BCUT2D eigenvalue weighted by Crippen LogP contribution is -2.48. The smallest absolute Gasteiger partial charge is 0.416 e. The number of thiazole rings is 1. The molecule has 14 heteroatoms. The summed E-state index contributed by atoms with van der Waals surface area (Å²) in [6.07, 6.45) is 3.91. The molecule has 10 nitrogen and oxygen atoms in total. The third-order valence-electron chi connectivity index (χ3n) is 6.63. The highest BCUT2D eigenvalue weighted by Gasteiger charge is 2.46. The number of aliphatic imine (C=N–C) groups is 1. The lowest BCUT2D eigenvalue weighted by atomic mass is 9.80. The van der Waals surface area contributed by atoms with Gasteiger partial charge in [0.1, 0.15) is 17.5 Å². The summed E-state index contributed by atoms with van der Waals surface area (Å²) < 4.78 is 51.3. The molecule has 2 heterocycles. The van der Waals surface area contributed by atoms with Crippen LogP contribution in [0, 0.1) is 11.7 Å². The van der Waals surface area contributed by atoms with Crippen LogP contribution in [0.5, 0.6) is 0 Å². The van der Waals surface area contributed by atoms with Gasteiger partial charge in [0.05, 0.1) is 24.6 Å². The van der Waals surface area contributed by atoms with Gasteiger partial charge in [-0.3, -0.25) is 0 Å². The minimum absolute atomic E-state index is 0.00855. The summed E-state index contributed by atoms with van der Waals surface area (Å²) in [5.41, 5.74) is -0.187. The molecule has 2 aliphatic rings. The summed E-state index contributed by atoms with van der Waals surface area (Å²) in [6.45, 7) is 5.13.